The molecule has 248 valence electrons. The minimum atomic E-state index is -4.83. The Labute approximate surface area is 269 Å². The van der Waals surface area contributed by atoms with E-state index in [0.717, 1.165) is 29.8 Å². The summed E-state index contributed by atoms with van der Waals surface area (Å²) < 4.78 is 81.5. The summed E-state index contributed by atoms with van der Waals surface area (Å²) in [6.45, 7) is 2.60. The van der Waals surface area contributed by atoms with Crippen molar-refractivity contribution in [3.05, 3.63) is 88.7 Å². The van der Waals surface area contributed by atoms with Crippen LogP contribution < -0.4 is 10.6 Å². The average Bonchev–Trinajstić information content (AvgIpc) is 3.51. The SMILES string of the molecule is C[C@](O)(Cn1cnc2cc(CC3C[C@@]3(C)C(=O)Nc3ccc(C#N)c(C(F)(F)F)c3)ccc21)C(=O)Nc1ccc(C#N)c(C(F)(F)F)c1. The van der Waals surface area contributed by atoms with E-state index in [2.05, 4.69) is 15.6 Å². The van der Waals surface area contributed by atoms with Gasteiger partial charge in [0.2, 0.25) is 5.91 Å². The van der Waals surface area contributed by atoms with Crippen molar-refractivity contribution in [2.24, 2.45) is 11.3 Å². The van der Waals surface area contributed by atoms with Crippen LogP contribution >= 0.6 is 0 Å². The maximum Gasteiger partial charge on any atom is 0.417 e. The Hall–Kier alpha value is -5.41. The summed E-state index contributed by atoms with van der Waals surface area (Å²) in [5.74, 6) is -1.56. The highest BCUT2D eigenvalue weighted by atomic mass is 19.4. The van der Waals surface area contributed by atoms with Crippen LogP contribution in [0.3, 0.4) is 0 Å². The van der Waals surface area contributed by atoms with Gasteiger partial charge in [-0.25, -0.2) is 4.98 Å². The average molecular weight is 669 g/mol. The topological polar surface area (TPSA) is 144 Å². The van der Waals surface area contributed by atoms with Crippen molar-refractivity contribution in [3.63, 3.8) is 0 Å². The Morgan fingerprint density at radius 2 is 1.50 bits per heavy atom. The van der Waals surface area contributed by atoms with Gasteiger partial charge in [0, 0.05) is 11.4 Å². The van der Waals surface area contributed by atoms with Gasteiger partial charge in [-0.15, -0.1) is 0 Å². The number of alkyl halides is 6. The first-order valence-electron chi connectivity index (χ1n) is 14.4. The third-order valence-corrected chi connectivity index (χ3v) is 8.47. The quantitative estimate of drug-likeness (QED) is 0.185. The van der Waals surface area contributed by atoms with Gasteiger partial charge >= 0.3 is 12.4 Å². The molecule has 3 atom stereocenters. The van der Waals surface area contributed by atoms with Crippen molar-refractivity contribution in [1.29, 1.82) is 10.5 Å². The molecule has 0 bridgehead atoms. The number of hydrogen-bond acceptors (Lipinski definition) is 6. The number of nitriles is 2. The molecule has 1 fully saturated rings. The van der Waals surface area contributed by atoms with Gasteiger partial charge in [0.05, 0.1) is 63.7 Å². The molecule has 1 saturated carbocycles. The van der Waals surface area contributed by atoms with Gasteiger partial charge < -0.3 is 20.3 Å². The standard InChI is InChI=1S/C33H26F6N6O3/c1-30(28(46)43-22-6-4-19(14-40)24(11-22)32(34,35)36)13-21(30)9-18-3-8-27-26(10-18)42-17-45(27)16-31(2,48)29(47)44-23-7-5-20(15-41)25(12-23)33(37,38)39/h3-8,10-12,17,21,48H,9,13,16H2,1-2H3,(H,43,46)(H,44,47)/t21?,30-,31+/m1/s1. The largest absolute Gasteiger partial charge is 0.417 e. The molecule has 0 aliphatic heterocycles. The molecule has 4 aromatic rings. The molecular formula is C33H26F6N6O3. The first kappa shape index (κ1) is 33.9. The predicted molar refractivity (Wildman–Crippen MR) is 160 cm³/mol. The third kappa shape index (κ3) is 6.82. The summed E-state index contributed by atoms with van der Waals surface area (Å²) in [6.07, 6.45) is -7.26. The summed E-state index contributed by atoms with van der Waals surface area (Å²) in [4.78, 5) is 30.2. The summed E-state index contributed by atoms with van der Waals surface area (Å²) in [5.41, 5.74) is -4.91. The van der Waals surface area contributed by atoms with Crippen LogP contribution in [0.15, 0.2) is 60.9 Å². The van der Waals surface area contributed by atoms with Gasteiger partial charge in [-0.1, -0.05) is 13.0 Å². The zero-order valence-corrected chi connectivity index (χ0v) is 25.3. The minimum Gasteiger partial charge on any atom is -0.378 e. The van der Waals surface area contributed by atoms with Crippen LogP contribution in [-0.2, 0) is 34.9 Å². The maximum atomic E-state index is 13.3. The van der Waals surface area contributed by atoms with Gasteiger partial charge in [-0.2, -0.15) is 36.9 Å². The maximum absolute atomic E-state index is 13.3. The summed E-state index contributed by atoms with van der Waals surface area (Å²) >= 11 is 0. The van der Waals surface area contributed by atoms with Crippen LogP contribution in [0, 0.1) is 34.0 Å². The van der Waals surface area contributed by atoms with Crippen molar-refractivity contribution in [1.82, 2.24) is 9.55 Å². The van der Waals surface area contributed by atoms with E-state index in [4.69, 9.17) is 10.5 Å². The van der Waals surface area contributed by atoms with Crippen molar-refractivity contribution < 1.29 is 41.0 Å². The Kier molecular flexibility index (Phi) is 8.48. The molecule has 9 nitrogen and oxygen atoms in total. The number of aliphatic hydroxyl groups is 1. The summed E-state index contributed by atoms with van der Waals surface area (Å²) in [6, 6.07) is 13.9. The molecular weight excluding hydrogens is 642 g/mol. The van der Waals surface area contributed by atoms with Crippen molar-refractivity contribution in [3.8, 4) is 12.1 Å². The Morgan fingerprint density at radius 3 is 2.04 bits per heavy atom. The number of carbonyl (C=O) groups excluding carboxylic acids is 2. The second-order valence-corrected chi connectivity index (χ2v) is 12.1. The molecule has 1 aliphatic carbocycles. The van der Waals surface area contributed by atoms with Gasteiger partial charge in [0.15, 0.2) is 5.60 Å². The van der Waals surface area contributed by atoms with Crippen molar-refractivity contribution in [2.45, 2.75) is 51.2 Å². The van der Waals surface area contributed by atoms with E-state index in [0.29, 0.717) is 29.9 Å². The van der Waals surface area contributed by atoms with E-state index in [1.54, 1.807) is 25.1 Å². The highest BCUT2D eigenvalue weighted by Crippen LogP contribution is 2.54. The molecule has 1 heterocycles. The van der Waals surface area contributed by atoms with Crippen LogP contribution in [0.5, 0.6) is 0 Å². The number of hydrogen-bond donors (Lipinski definition) is 3. The zero-order chi connectivity index (χ0) is 35.2. The van der Waals surface area contributed by atoms with Crippen LogP contribution in [0.2, 0.25) is 0 Å². The number of nitrogens with zero attached hydrogens (tertiary/aromatic N) is 4. The van der Waals surface area contributed by atoms with E-state index in [1.807, 2.05) is 0 Å². The number of rotatable bonds is 8. The fourth-order valence-corrected chi connectivity index (χ4v) is 5.53. The highest BCUT2D eigenvalue weighted by Gasteiger charge is 2.55. The van der Waals surface area contributed by atoms with E-state index in [9.17, 15) is 41.0 Å². The minimum absolute atomic E-state index is 0.0716. The number of halogens is 6. The Bertz CT molecular complexity index is 2020. The smallest absolute Gasteiger partial charge is 0.378 e. The van der Waals surface area contributed by atoms with E-state index < -0.39 is 57.4 Å². The molecule has 1 aliphatic rings. The van der Waals surface area contributed by atoms with Crippen LogP contribution in [-0.4, -0.2) is 32.1 Å². The third-order valence-electron chi connectivity index (χ3n) is 8.47. The fourth-order valence-electron chi connectivity index (χ4n) is 5.53. The molecule has 3 aromatic carbocycles. The lowest BCUT2D eigenvalue weighted by Crippen LogP contribution is -2.43. The molecule has 1 unspecified atom stereocenters. The van der Waals surface area contributed by atoms with Gasteiger partial charge in [0.1, 0.15) is 0 Å². The molecule has 0 radical (unpaired) electrons. The molecule has 0 saturated heterocycles. The highest BCUT2D eigenvalue weighted by molar-refractivity contribution is 5.98. The molecule has 3 N–H and O–H groups in total. The second-order valence-electron chi connectivity index (χ2n) is 12.1. The Morgan fingerprint density at radius 1 is 0.938 bits per heavy atom. The fraction of sp³-hybridized carbons (Fsp3) is 0.303. The number of fused-ring (bicyclic) bond motifs is 1. The predicted octanol–water partition coefficient (Wildman–Crippen LogP) is 6.41. The van der Waals surface area contributed by atoms with Crippen LogP contribution in [0.4, 0.5) is 37.7 Å². The number of amides is 2. The lowest BCUT2D eigenvalue weighted by molar-refractivity contribution is -0.138. The van der Waals surface area contributed by atoms with Gasteiger partial charge in [-0.3, -0.25) is 9.59 Å². The van der Waals surface area contributed by atoms with Crippen molar-refractivity contribution in [2.75, 3.05) is 10.6 Å². The number of nitrogens with one attached hydrogen (secondary N) is 2. The zero-order valence-electron chi connectivity index (χ0n) is 25.3. The molecule has 5 rings (SSSR count). The normalized spacial score (nSPS) is 18.8. The second kappa shape index (κ2) is 12.0. The number of carbonyl (C=O) groups is 2. The van der Waals surface area contributed by atoms with E-state index in [1.165, 1.54) is 36.0 Å². The van der Waals surface area contributed by atoms with E-state index >= 15 is 0 Å². The molecule has 15 heteroatoms. The number of aromatic nitrogens is 2. The molecule has 48 heavy (non-hydrogen) atoms. The molecule has 1 aromatic heterocycles. The molecule has 2 amide bonds. The van der Waals surface area contributed by atoms with Gasteiger partial charge in [0.25, 0.3) is 5.91 Å². The van der Waals surface area contributed by atoms with Crippen LogP contribution in [0.25, 0.3) is 11.0 Å². The monoisotopic (exact) mass is 668 g/mol. The molecule has 0 spiro atoms. The van der Waals surface area contributed by atoms with Crippen molar-refractivity contribution >= 4 is 34.2 Å². The van der Waals surface area contributed by atoms with Gasteiger partial charge in [-0.05, 0) is 79.8 Å². The Balaban J connectivity index is 1.24. The number of imidazole rings is 1. The first-order valence-corrected chi connectivity index (χ1v) is 14.4. The summed E-state index contributed by atoms with van der Waals surface area (Å²) in [7, 11) is 0. The first-order chi connectivity index (χ1) is 22.4. The lowest BCUT2D eigenvalue weighted by Gasteiger charge is -2.23. The van der Waals surface area contributed by atoms with E-state index in [-0.39, 0.29) is 23.8 Å². The number of anilines is 2. The van der Waals surface area contributed by atoms with Crippen LogP contribution in [0.1, 0.15) is 48.1 Å². The summed E-state index contributed by atoms with van der Waals surface area (Å²) in [5, 5.41) is 33.7. The lowest BCUT2D eigenvalue weighted by atomic mass is 9.99. The number of benzene rings is 3.